The van der Waals surface area contributed by atoms with Crippen LogP contribution in [0.25, 0.3) is 0 Å². The number of nitrogens with one attached hydrogen (secondary N) is 1. The first-order valence-electron chi connectivity index (χ1n) is 7.16. The maximum absolute atomic E-state index is 6.45. The van der Waals surface area contributed by atoms with E-state index in [1.165, 1.54) is 5.56 Å². The molecular formula is C16H22ClN3S. The van der Waals surface area contributed by atoms with Crippen LogP contribution in [0.3, 0.4) is 0 Å². The SMILES string of the molecule is CCNC(C)c1ccc(N(C)Cc2csc(C)n2)c(Cl)c1. The molecule has 114 valence electrons. The van der Waals surface area contributed by atoms with Gasteiger partial charge < -0.3 is 10.2 Å². The molecule has 0 spiro atoms. The molecular weight excluding hydrogens is 302 g/mol. The molecule has 2 aromatic rings. The lowest BCUT2D eigenvalue weighted by Crippen LogP contribution is -2.19. The summed E-state index contributed by atoms with van der Waals surface area (Å²) in [7, 11) is 2.04. The minimum Gasteiger partial charge on any atom is -0.367 e. The molecule has 1 aromatic carbocycles. The molecule has 0 bridgehead atoms. The number of aryl methyl sites for hydroxylation is 1. The summed E-state index contributed by atoms with van der Waals surface area (Å²) in [6, 6.07) is 6.59. The average Bonchev–Trinajstić information content (AvgIpc) is 2.84. The lowest BCUT2D eigenvalue weighted by molar-refractivity contribution is 0.598. The van der Waals surface area contributed by atoms with Crippen LogP contribution in [0, 0.1) is 6.92 Å². The van der Waals surface area contributed by atoms with Gasteiger partial charge in [0.25, 0.3) is 0 Å². The highest BCUT2D eigenvalue weighted by atomic mass is 35.5. The zero-order valence-corrected chi connectivity index (χ0v) is 14.6. The van der Waals surface area contributed by atoms with Crippen molar-refractivity contribution in [3.63, 3.8) is 0 Å². The summed E-state index contributed by atoms with van der Waals surface area (Å²) in [4.78, 5) is 6.64. The molecule has 0 saturated heterocycles. The quantitative estimate of drug-likeness (QED) is 0.853. The summed E-state index contributed by atoms with van der Waals surface area (Å²) < 4.78 is 0. The standard InChI is InChI=1S/C16H22ClN3S/c1-5-18-11(2)13-6-7-16(15(17)8-13)20(4)9-14-10-21-12(3)19-14/h6-8,10-11,18H,5,9H2,1-4H3. The Balaban J connectivity index is 2.12. The zero-order valence-electron chi connectivity index (χ0n) is 13.0. The molecule has 0 saturated carbocycles. The van der Waals surface area contributed by atoms with Gasteiger partial charge in [0.05, 0.1) is 28.0 Å². The third-order valence-electron chi connectivity index (χ3n) is 3.46. The number of thiazole rings is 1. The number of anilines is 1. The van der Waals surface area contributed by atoms with Gasteiger partial charge in [-0.2, -0.15) is 0 Å². The second-order valence-corrected chi connectivity index (χ2v) is 6.67. The van der Waals surface area contributed by atoms with Gasteiger partial charge >= 0.3 is 0 Å². The lowest BCUT2D eigenvalue weighted by atomic mass is 10.1. The van der Waals surface area contributed by atoms with Crippen LogP contribution in [0.4, 0.5) is 5.69 Å². The second-order valence-electron chi connectivity index (χ2n) is 5.20. The van der Waals surface area contributed by atoms with Crippen LogP contribution in [0.1, 0.15) is 36.2 Å². The van der Waals surface area contributed by atoms with Gasteiger partial charge in [-0.1, -0.05) is 24.6 Å². The summed E-state index contributed by atoms with van der Waals surface area (Å²) in [6.45, 7) is 8.00. The molecule has 1 unspecified atom stereocenters. The fraction of sp³-hybridized carbons (Fsp3) is 0.438. The summed E-state index contributed by atoms with van der Waals surface area (Å²) >= 11 is 8.13. The van der Waals surface area contributed by atoms with E-state index in [9.17, 15) is 0 Å². The Kier molecular flexibility index (Phi) is 5.62. The van der Waals surface area contributed by atoms with E-state index in [1.807, 2.05) is 20.0 Å². The Morgan fingerprint density at radius 2 is 2.19 bits per heavy atom. The summed E-state index contributed by atoms with van der Waals surface area (Å²) in [6.07, 6.45) is 0. The van der Waals surface area contributed by atoms with Crippen molar-refractivity contribution in [2.24, 2.45) is 0 Å². The number of halogens is 1. The number of nitrogens with zero attached hydrogens (tertiary/aromatic N) is 2. The summed E-state index contributed by atoms with van der Waals surface area (Å²) in [5.74, 6) is 0. The molecule has 1 heterocycles. The van der Waals surface area contributed by atoms with Gasteiger partial charge in [0, 0.05) is 18.5 Å². The molecule has 0 fully saturated rings. The minimum absolute atomic E-state index is 0.313. The van der Waals surface area contributed by atoms with Crippen LogP contribution in [0.2, 0.25) is 5.02 Å². The molecule has 3 nitrogen and oxygen atoms in total. The predicted octanol–water partition coefficient (Wildman–Crippen LogP) is 4.41. The van der Waals surface area contributed by atoms with E-state index >= 15 is 0 Å². The average molecular weight is 324 g/mol. The molecule has 2 rings (SSSR count). The van der Waals surface area contributed by atoms with Crippen LogP contribution < -0.4 is 10.2 Å². The predicted molar refractivity (Wildman–Crippen MR) is 92.5 cm³/mol. The number of benzene rings is 1. The van der Waals surface area contributed by atoms with E-state index in [4.69, 9.17) is 11.6 Å². The number of aromatic nitrogens is 1. The van der Waals surface area contributed by atoms with Crippen molar-refractivity contribution in [1.82, 2.24) is 10.3 Å². The van der Waals surface area contributed by atoms with Crippen molar-refractivity contribution >= 4 is 28.6 Å². The first kappa shape index (κ1) is 16.3. The van der Waals surface area contributed by atoms with E-state index in [-0.39, 0.29) is 0 Å². The van der Waals surface area contributed by atoms with E-state index < -0.39 is 0 Å². The minimum atomic E-state index is 0.313. The van der Waals surface area contributed by atoms with Gasteiger partial charge in [0.2, 0.25) is 0 Å². The van der Waals surface area contributed by atoms with Gasteiger partial charge in [-0.15, -0.1) is 11.3 Å². The monoisotopic (exact) mass is 323 g/mol. The Hall–Kier alpha value is -1.10. The van der Waals surface area contributed by atoms with Crippen molar-refractivity contribution in [2.45, 2.75) is 33.4 Å². The normalized spacial score (nSPS) is 12.4. The zero-order chi connectivity index (χ0) is 15.4. The van der Waals surface area contributed by atoms with Gasteiger partial charge in [0.1, 0.15) is 0 Å². The molecule has 0 aliphatic heterocycles. The molecule has 0 radical (unpaired) electrons. The molecule has 0 aliphatic carbocycles. The molecule has 21 heavy (non-hydrogen) atoms. The van der Waals surface area contributed by atoms with Crippen LogP contribution in [-0.4, -0.2) is 18.6 Å². The first-order chi connectivity index (χ1) is 10.0. The highest BCUT2D eigenvalue weighted by molar-refractivity contribution is 7.09. The van der Waals surface area contributed by atoms with Crippen molar-refractivity contribution in [1.29, 1.82) is 0 Å². The number of hydrogen-bond acceptors (Lipinski definition) is 4. The third kappa shape index (κ3) is 4.19. The number of hydrogen-bond donors (Lipinski definition) is 1. The summed E-state index contributed by atoms with van der Waals surface area (Å²) in [5.41, 5.74) is 3.33. The van der Waals surface area contributed by atoms with Crippen LogP contribution in [0.15, 0.2) is 23.6 Å². The first-order valence-corrected chi connectivity index (χ1v) is 8.42. The Morgan fingerprint density at radius 3 is 2.76 bits per heavy atom. The molecule has 5 heteroatoms. The molecule has 1 aromatic heterocycles. The smallest absolute Gasteiger partial charge is 0.0898 e. The highest BCUT2D eigenvalue weighted by Gasteiger charge is 2.11. The lowest BCUT2D eigenvalue weighted by Gasteiger charge is -2.21. The van der Waals surface area contributed by atoms with Crippen LogP contribution in [0.5, 0.6) is 0 Å². The van der Waals surface area contributed by atoms with E-state index in [0.29, 0.717) is 6.04 Å². The van der Waals surface area contributed by atoms with Gasteiger partial charge in [-0.3, -0.25) is 0 Å². The van der Waals surface area contributed by atoms with Crippen molar-refractivity contribution < 1.29 is 0 Å². The topological polar surface area (TPSA) is 28.2 Å². The molecule has 1 N–H and O–H groups in total. The highest BCUT2D eigenvalue weighted by Crippen LogP contribution is 2.29. The van der Waals surface area contributed by atoms with Crippen LogP contribution >= 0.6 is 22.9 Å². The van der Waals surface area contributed by atoms with Crippen molar-refractivity contribution in [3.05, 3.63) is 44.9 Å². The van der Waals surface area contributed by atoms with Crippen LogP contribution in [-0.2, 0) is 6.54 Å². The number of rotatable bonds is 6. The maximum Gasteiger partial charge on any atom is 0.0898 e. The van der Waals surface area contributed by atoms with Crippen molar-refractivity contribution in [2.75, 3.05) is 18.5 Å². The van der Waals surface area contributed by atoms with E-state index in [1.54, 1.807) is 11.3 Å². The Bertz CT molecular complexity index is 597. The maximum atomic E-state index is 6.45. The molecule has 1 atom stereocenters. The Labute approximate surface area is 136 Å². The van der Waals surface area contributed by atoms with Crippen molar-refractivity contribution in [3.8, 4) is 0 Å². The van der Waals surface area contributed by atoms with Gasteiger partial charge in [-0.25, -0.2) is 4.98 Å². The van der Waals surface area contributed by atoms with Gasteiger partial charge in [0.15, 0.2) is 0 Å². The van der Waals surface area contributed by atoms with E-state index in [2.05, 4.69) is 46.6 Å². The van der Waals surface area contributed by atoms with E-state index in [0.717, 1.165) is 34.5 Å². The fourth-order valence-corrected chi connectivity index (χ4v) is 3.27. The second kappa shape index (κ2) is 7.25. The van der Waals surface area contributed by atoms with Gasteiger partial charge in [-0.05, 0) is 38.1 Å². The molecule has 0 aliphatic rings. The Morgan fingerprint density at radius 1 is 1.43 bits per heavy atom. The third-order valence-corrected chi connectivity index (χ3v) is 4.58. The molecule has 0 amide bonds. The largest absolute Gasteiger partial charge is 0.367 e. The summed E-state index contributed by atoms with van der Waals surface area (Å²) in [5, 5.41) is 7.38. The fourth-order valence-electron chi connectivity index (χ4n) is 2.34.